The van der Waals surface area contributed by atoms with Gasteiger partial charge in [0.25, 0.3) is 0 Å². The van der Waals surface area contributed by atoms with E-state index in [1.807, 2.05) is 0 Å². The predicted molar refractivity (Wildman–Crippen MR) is 48.9 cm³/mol. The van der Waals surface area contributed by atoms with Crippen molar-refractivity contribution in [3.05, 3.63) is 29.6 Å². The van der Waals surface area contributed by atoms with Crippen LogP contribution in [-0.2, 0) is 11.2 Å². The van der Waals surface area contributed by atoms with Crippen LogP contribution in [0.15, 0.2) is 18.3 Å². The van der Waals surface area contributed by atoms with Crippen LogP contribution in [0.4, 0.5) is 0 Å². The van der Waals surface area contributed by atoms with Crippen molar-refractivity contribution in [1.82, 2.24) is 4.98 Å². The van der Waals surface area contributed by atoms with Crippen LogP contribution in [-0.4, -0.2) is 28.4 Å². The number of nitrogens with zero attached hydrogens (tertiary/aromatic N) is 1. The third-order valence-electron chi connectivity index (χ3n) is 1.74. The second-order valence-electron chi connectivity index (χ2n) is 2.86. The first-order valence-corrected chi connectivity index (χ1v) is 4.02. The number of aldehydes is 1. The van der Waals surface area contributed by atoms with E-state index in [0.29, 0.717) is 11.8 Å². The van der Waals surface area contributed by atoms with Crippen molar-refractivity contribution < 1.29 is 14.7 Å². The van der Waals surface area contributed by atoms with Gasteiger partial charge in [0.1, 0.15) is 11.7 Å². The molecule has 74 valence electrons. The largest absolute Gasteiger partial charge is 0.480 e. The van der Waals surface area contributed by atoms with Crippen molar-refractivity contribution in [2.24, 2.45) is 5.73 Å². The molecule has 0 saturated carbocycles. The maximum absolute atomic E-state index is 10.4. The smallest absolute Gasteiger partial charge is 0.320 e. The normalized spacial score (nSPS) is 12.1. The van der Waals surface area contributed by atoms with Crippen LogP contribution in [0.5, 0.6) is 0 Å². The van der Waals surface area contributed by atoms with Crippen LogP contribution in [0.3, 0.4) is 0 Å². The summed E-state index contributed by atoms with van der Waals surface area (Å²) in [6.45, 7) is 0. The van der Waals surface area contributed by atoms with Gasteiger partial charge in [-0.05, 0) is 24.1 Å². The summed E-state index contributed by atoms with van der Waals surface area (Å²) in [5, 5.41) is 8.56. The van der Waals surface area contributed by atoms with Gasteiger partial charge in [0.15, 0.2) is 6.29 Å². The van der Waals surface area contributed by atoms with Gasteiger partial charge in [-0.3, -0.25) is 14.6 Å². The average molecular weight is 194 g/mol. The molecule has 1 atom stereocenters. The lowest BCUT2D eigenvalue weighted by Gasteiger charge is -2.05. The third-order valence-corrected chi connectivity index (χ3v) is 1.74. The van der Waals surface area contributed by atoms with Crippen LogP contribution in [0.2, 0.25) is 0 Å². The number of hydrogen-bond donors (Lipinski definition) is 2. The van der Waals surface area contributed by atoms with Gasteiger partial charge in [-0.25, -0.2) is 0 Å². The quantitative estimate of drug-likeness (QED) is 0.650. The molecular weight excluding hydrogens is 184 g/mol. The SMILES string of the molecule is NC(Cc1ccnc(C=O)c1)C(=O)O. The van der Waals surface area contributed by atoms with Crippen molar-refractivity contribution >= 4 is 12.3 Å². The number of carboxylic acids is 1. The van der Waals surface area contributed by atoms with Crippen molar-refractivity contribution in [3.63, 3.8) is 0 Å². The van der Waals surface area contributed by atoms with E-state index in [-0.39, 0.29) is 12.1 Å². The fourth-order valence-corrected chi connectivity index (χ4v) is 1.03. The monoisotopic (exact) mass is 194 g/mol. The van der Waals surface area contributed by atoms with Gasteiger partial charge in [0.2, 0.25) is 0 Å². The standard InChI is InChI=1S/C9H10N2O3/c10-8(9(13)14)4-6-1-2-11-7(3-6)5-12/h1-3,5,8H,4,10H2,(H,13,14). The number of aliphatic carboxylic acids is 1. The highest BCUT2D eigenvalue weighted by atomic mass is 16.4. The van der Waals surface area contributed by atoms with Gasteiger partial charge >= 0.3 is 5.97 Å². The highest BCUT2D eigenvalue weighted by molar-refractivity contribution is 5.74. The highest BCUT2D eigenvalue weighted by Gasteiger charge is 2.12. The maximum atomic E-state index is 10.4. The maximum Gasteiger partial charge on any atom is 0.320 e. The van der Waals surface area contributed by atoms with Gasteiger partial charge in [-0.1, -0.05) is 0 Å². The predicted octanol–water partition coefficient (Wildman–Crippen LogP) is -0.152. The molecule has 0 spiro atoms. The third kappa shape index (κ3) is 2.63. The Bertz CT molecular complexity index is 352. The Balaban J connectivity index is 2.76. The van der Waals surface area contributed by atoms with Gasteiger partial charge in [-0.2, -0.15) is 0 Å². The molecule has 0 aliphatic carbocycles. The Morgan fingerprint density at radius 2 is 2.43 bits per heavy atom. The van der Waals surface area contributed by atoms with Crippen molar-refractivity contribution in [2.45, 2.75) is 12.5 Å². The number of carboxylic acid groups (broad SMARTS) is 1. The molecule has 0 bridgehead atoms. The van der Waals surface area contributed by atoms with Crippen LogP contribution >= 0.6 is 0 Å². The van der Waals surface area contributed by atoms with Crippen molar-refractivity contribution in [3.8, 4) is 0 Å². The minimum atomic E-state index is -1.06. The fourth-order valence-electron chi connectivity index (χ4n) is 1.03. The minimum absolute atomic E-state index is 0.193. The van der Waals surface area contributed by atoms with E-state index in [0.717, 1.165) is 0 Å². The van der Waals surface area contributed by atoms with E-state index in [9.17, 15) is 9.59 Å². The number of pyridine rings is 1. The minimum Gasteiger partial charge on any atom is -0.480 e. The van der Waals surface area contributed by atoms with Gasteiger partial charge in [0.05, 0.1) is 0 Å². The Morgan fingerprint density at radius 3 is 3.00 bits per heavy atom. The summed E-state index contributed by atoms with van der Waals surface area (Å²) >= 11 is 0. The van der Waals surface area contributed by atoms with Crippen LogP contribution < -0.4 is 5.73 Å². The topological polar surface area (TPSA) is 93.3 Å². The molecule has 1 rings (SSSR count). The van der Waals surface area contributed by atoms with E-state index in [2.05, 4.69) is 4.98 Å². The number of carbonyl (C=O) groups is 2. The molecule has 1 aromatic heterocycles. The second kappa shape index (κ2) is 4.48. The number of hydrogen-bond acceptors (Lipinski definition) is 4. The molecule has 5 heteroatoms. The molecule has 3 N–H and O–H groups in total. The molecule has 14 heavy (non-hydrogen) atoms. The first kappa shape index (κ1) is 10.3. The second-order valence-corrected chi connectivity index (χ2v) is 2.86. The summed E-state index contributed by atoms with van der Waals surface area (Å²) in [4.78, 5) is 24.6. The number of nitrogens with two attached hydrogens (primary N) is 1. The molecule has 1 aromatic rings. The van der Waals surface area contributed by atoms with Crippen LogP contribution in [0, 0.1) is 0 Å². The number of carbonyl (C=O) groups excluding carboxylic acids is 1. The molecule has 0 aliphatic heterocycles. The van der Waals surface area contributed by atoms with Crippen LogP contribution in [0.25, 0.3) is 0 Å². The average Bonchev–Trinajstić information content (AvgIpc) is 2.18. The van der Waals surface area contributed by atoms with Gasteiger partial charge < -0.3 is 10.8 Å². The molecule has 5 nitrogen and oxygen atoms in total. The summed E-state index contributed by atoms with van der Waals surface area (Å²) in [5.74, 6) is -1.06. The number of aromatic nitrogens is 1. The molecule has 0 aliphatic rings. The molecule has 0 aromatic carbocycles. The van der Waals surface area contributed by atoms with E-state index < -0.39 is 12.0 Å². The molecule has 0 saturated heterocycles. The highest BCUT2D eigenvalue weighted by Crippen LogP contribution is 2.03. The Kier molecular flexibility index (Phi) is 3.30. The fraction of sp³-hybridized carbons (Fsp3) is 0.222. The lowest BCUT2D eigenvalue weighted by molar-refractivity contribution is -0.138. The Morgan fingerprint density at radius 1 is 1.71 bits per heavy atom. The summed E-state index contributed by atoms with van der Waals surface area (Å²) in [6, 6.07) is 2.21. The van der Waals surface area contributed by atoms with E-state index in [4.69, 9.17) is 10.8 Å². The van der Waals surface area contributed by atoms with Gasteiger partial charge in [-0.15, -0.1) is 0 Å². The lowest BCUT2D eigenvalue weighted by atomic mass is 10.1. The first-order chi connectivity index (χ1) is 6.63. The van der Waals surface area contributed by atoms with Crippen LogP contribution in [0.1, 0.15) is 16.1 Å². The molecule has 1 unspecified atom stereocenters. The number of rotatable bonds is 4. The summed E-state index contributed by atoms with van der Waals surface area (Å²) in [7, 11) is 0. The molecular formula is C9H10N2O3. The molecule has 1 heterocycles. The first-order valence-electron chi connectivity index (χ1n) is 4.02. The summed E-state index contributed by atoms with van der Waals surface area (Å²) < 4.78 is 0. The Labute approximate surface area is 80.6 Å². The zero-order valence-electron chi connectivity index (χ0n) is 7.38. The summed E-state index contributed by atoms with van der Waals surface area (Å²) in [5.41, 5.74) is 6.30. The zero-order chi connectivity index (χ0) is 10.6. The summed E-state index contributed by atoms with van der Waals surface area (Å²) in [6.07, 6.45) is 2.25. The zero-order valence-corrected chi connectivity index (χ0v) is 7.38. The van der Waals surface area contributed by atoms with Crippen molar-refractivity contribution in [1.29, 1.82) is 0 Å². The van der Waals surface area contributed by atoms with E-state index >= 15 is 0 Å². The van der Waals surface area contributed by atoms with Gasteiger partial charge in [0, 0.05) is 6.20 Å². The van der Waals surface area contributed by atoms with E-state index in [1.165, 1.54) is 12.3 Å². The molecule has 0 amide bonds. The molecule has 0 fully saturated rings. The van der Waals surface area contributed by atoms with Crippen molar-refractivity contribution in [2.75, 3.05) is 0 Å². The van der Waals surface area contributed by atoms with E-state index in [1.54, 1.807) is 6.07 Å². The molecule has 0 radical (unpaired) electrons. The lowest BCUT2D eigenvalue weighted by Crippen LogP contribution is -2.32. The Hall–Kier alpha value is -1.75.